The minimum Gasteiger partial charge on any atom is -0.493 e. The summed E-state index contributed by atoms with van der Waals surface area (Å²) in [5, 5.41) is 25.8. The SMILES string of the molecule is COc1cc(/C=N\NC(=O)c2cccc([N+](=O)[O-])c2)ccc1Oc1ccccc1[N+](=O)[O-]. The molecule has 0 bridgehead atoms. The van der Waals surface area contributed by atoms with E-state index in [1.807, 2.05) is 0 Å². The molecule has 0 aliphatic carbocycles. The molecule has 0 aromatic heterocycles. The largest absolute Gasteiger partial charge is 0.493 e. The standard InChI is InChI=1S/C21H16N4O7/c1-31-20-11-14(9-10-19(20)32-18-8-3-2-7-17(18)25(29)30)13-22-23-21(26)15-5-4-6-16(12-15)24(27)28/h2-13H,1H3,(H,23,26)/b22-13-. The Bertz CT molecular complexity index is 1210. The lowest BCUT2D eigenvalue weighted by atomic mass is 10.2. The second-order valence-corrected chi connectivity index (χ2v) is 6.24. The number of nitrogens with one attached hydrogen (secondary N) is 1. The molecule has 1 amide bonds. The highest BCUT2D eigenvalue weighted by atomic mass is 16.6. The summed E-state index contributed by atoms with van der Waals surface area (Å²) in [5.74, 6) is -0.0219. The first-order valence-corrected chi connectivity index (χ1v) is 9.06. The lowest BCUT2D eigenvalue weighted by molar-refractivity contribution is -0.385. The molecule has 11 heteroatoms. The van der Waals surface area contributed by atoms with Gasteiger partial charge in [-0.05, 0) is 35.9 Å². The van der Waals surface area contributed by atoms with Crippen LogP contribution in [0.4, 0.5) is 11.4 Å². The van der Waals surface area contributed by atoms with E-state index in [1.165, 1.54) is 49.7 Å². The Kier molecular flexibility index (Phi) is 6.71. The lowest BCUT2D eigenvalue weighted by Crippen LogP contribution is -2.17. The van der Waals surface area contributed by atoms with Crippen molar-refractivity contribution in [2.45, 2.75) is 0 Å². The van der Waals surface area contributed by atoms with Crippen molar-refractivity contribution in [1.82, 2.24) is 5.43 Å². The van der Waals surface area contributed by atoms with Crippen LogP contribution in [-0.2, 0) is 0 Å². The van der Waals surface area contributed by atoms with Crippen LogP contribution in [-0.4, -0.2) is 29.1 Å². The number of benzene rings is 3. The molecule has 0 fully saturated rings. The molecule has 0 atom stereocenters. The van der Waals surface area contributed by atoms with E-state index in [9.17, 15) is 25.0 Å². The quantitative estimate of drug-likeness (QED) is 0.318. The minimum atomic E-state index is -0.617. The molecule has 11 nitrogen and oxygen atoms in total. The second kappa shape index (κ2) is 9.80. The van der Waals surface area contributed by atoms with Crippen molar-refractivity contribution in [2.24, 2.45) is 5.10 Å². The first-order chi connectivity index (χ1) is 15.4. The van der Waals surface area contributed by atoms with E-state index in [0.29, 0.717) is 5.56 Å². The molecule has 0 heterocycles. The van der Waals surface area contributed by atoms with Gasteiger partial charge in [-0.15, -0.1) is 0 Å². The van der Waals surface area contributed by atoms with Gasteiger partial charge in [0.1, 0.15) is 0 Å². The van der Waals surface area contributed by atoms with Gasteiger partial charge < -0.3 is 9.47 Å². The van der Waals surface area contributed by atoms with Crippen LogP contribution in [0.5, 0.6) is 17.2 Å². The van der Waals surface area contributed by atoms with Gasteiger partial charge in [0.2, 0.25) is 5.75 Å². The molecule has 3 aromatic rings. The zero-order valence-electron chi connectivity index (χ0n) is 16.6. The fourth-order valence-corrected chi connectivity index (χ4v) is 2.65. The van der Waals surface area contributed by atoms with Gasteiger partial charge in [0, 0.05) is 23.8 Å². The van der Waals surface area contributed by atoms with Crippen LogP contribution in [0.25, 0.3) is 0 Å². The predicted molar refractivity (Wildman–Crippen MR) is 114 cm³/mol. The fraction of sp³-hybridized carbons (Fsp3) is 0.0476. The molecular weight excluding hydrogens is 420 g/mol. The van der Waals surface area contributed by atoms with Gasteiger partial charge >= 0.3 is 5.69 Å². The Labute approximate surface area is 181 Å². The molecular formula is C21H16N4O7. The Hall–Kier alpha value is -4.80. The predicted octanol–water partition coefficient (Wildman–Crippen LogP) is 4.07. The zero-order valence-corrected chi connectivity index (χ0v) is 16.6. The summed E-state index contributed by atoms with van der Waals surface area (Å²) in [6.07, 6.45) is 1.34. The van der Waals surface area contributed by atoms with Crippen molar-refractivity contribution >= 4 is 23.5 Å². The number of methoxy groups -OCH3 is 1. The average molecular weight is 436 g/mol. The molecule has 162 valence electrons. The Balaban J connectivity index is 1.73. The summed E-state index contributed by atoms with van der Waals surface area (Å²) in [6, 6.07) is 15.9. The number of rotatable bonds is 8. The number of carbonyl (C=O) groups is 1. The van der Waals surface area contributed by atoms with Gasteiger partial charge in [-0.25, -0.2) is 5.43 Å². The molecule has 0 aliphatic heterocycles. The lowest BCUT2D eigenvalue weighted by Gasteiger charge is -2.11. The number of hydrogen-bond donors (Lipinski definition) is 1. The number of para-hydroxylation sites is 2. The molecule has 3 aromatic carbocycles. The molecule has 0 unspecified atom stereocenters. The topological polar surface area (TPSA) is 146 Å². The number of hydrogen-bond acceptors (Lipinski definition) is 8. The summed E-state index contributed by atoms with van der Waals surface area (Å²) in [7, 11) is 1.41. The van der Waals surface area contributed by atoms with Crippen molar-refractivity contribution in [1.29, 1.82) is 0 Å². The maximum Gasteiger partial charge on any atom is 0.311 e. The first-order valence-electron chi connectivity index (χ1n) is 9.06. The Morgan fingerprint density at radius 1 is 0.938 bits per heavy atom. The fourth-order valence-electron chi connectivity index (χ4n) is 2.65. The highest BCUT2D eigenvalue weighted by Crippen LogP contribution is 2.36. The average Bonchev–Trinajstić information content (AvgIpc) is 2.80. The number of nitrogens with zero attached hydrogens (tertiary/aromatic N) is 3. The second-order valence-electron chi connectivity index (χ2n) is 6.24. The minimum absolute atomic E-state index is 0.0569. The van der Waals surface area contributed by atoms with Crippen molar-refractivity contribution in [3.05, 3.63) is 98.1 Å². The third-order valence-electron chi connectivity index (χ3n) is 4.17. The normalized spacial score (nSPS) is 10.5. The molecule has 0 saturated heterocycles. The molecule has 32 heavy (non-hydrogen) atoms. The smallest absolute Gasteiger partial charge is 0.311 e. The maximum atomic E-state index is 12.1. The summed E-state index contributed by atoms with van der Waals surface area (Å²) in [4.78, 5) is 33.0. The third kappa shape index (κ3) is 5.21. The number of amides is 1. The van der Waals surface area contributed by atoms with E-state index in [-0.39, 0.29) is 34.2 Å². The third-order valence-corrected chi connectivity index (χ3v) is 4.17. The van der Waals surface area contributed by atoms with Crippen molar-refractivity contribution in [2.75, 3.05) is 7.11 Å². The van der Waals surface area contributed by atoms with Crippen LogP contribution < -0.4 is 14.9 Å². The molecule has 3 rings (SSSR count). The summed E-state index contributed by atoms with van der Waals surface area (Å²) in [6.45, 7) is 0. The molecule has 0 spiro atoms. The van der Waals surface area contributed by atoms with Crippen LogP contribution in [0.2, 0.25) is 0 Å². The van der Waals surface area contributed by atoms with E-state index in [0.717, 1.165) is 6.07 Å². The number of nitro benzene ring substituents is 2. The van der Waals surface area contributed by atoms with Crippen LogP contribution in [0.15, 0.2) is 71.8 Å². The molecule has 0 radical (unpaired) electrons. The monoisotopic (exact) mass is 436 g/mol. The van der Waals surface area contributed by atoms with Gasteiger partial charge in [-0.3, -0.25) is 25.0 Å². The maximum absolute atomic E-state index is 12.1. The highest BCUT2D eigenvalue weighted by Gasteiger charge is 2.16. The van der Waals surface area contributed by atoms with E-state index >= 15 is 0 Å². The number of ether oxygens (including phenoxy) is 2. The first kappa shape index (κ1) is 21.9. The van der Waals surface area contributed by atoms with Crippen molar-refractivity contribution in [3.8, 4) is 17.2 Å². The number of nitro groups is 2. The van der Waals surface area contributed by atoms with E-state index in [4.69, 9.17) is 9.47 Å². The van der Waals surface area contributed by atoms with Gasteiger partial charge in [0.25, 0.3) is 11.6 Å². The van der Waals surface area contributed by atoms with Crippen LogP contribution in [0.1, 0.15) is 15.9 Å². The molecule has 1 N–H and O–H groups in total. The number of carbonyl (C=O) groups excluding carboxylic acids is 1. The summed E-state index contributed by atoms with van der Waals surface area (Å²) >= 11 is 0. The number of hydrazone groups is 1. The highest BCUT2D eigenvalue weighted by molar-refractivity contribution is 5.95. The van der Waals surface area contributed by atoms with Crippen molar-refractivity contribution in [3.63, 3.8) is 0 Å². The van der Waals surface area contributed by atoms with E-state index in [2.05, 4.69) is 10.5 Å². The van der Waals surface area contributed by atoms with E-state index < -0.39 is 15.8 Å². The Morgan fingerprint density at radius 3 is 2.44 bits per heavy atom. The van der Waals surface area contributed by atoms with Crippen LogP contribution in [0.3, 0.4) is 0 Å². The van der Waals surface area contributed by atoms with Gasteiger partial charge in [-0.1, -0.05) is 18.2 Å². The zero-order chi connectivity index (χ0) is 23.1. The Morgan fingerprint density at radius 2 is 1.72 bits per heavy atom. The number of non-ortho nitro benzene ring substituents is 1. The van der Waals surface area contributed by atoms with Gasteiger partial charge in [-0.2, -0.15) is 5.10 Å². The van der Waals surface area contributed by atoms with Crippen molar-refractivity contribution < 1.29 is 24.1 Å². The summed E-state index contributed by atoms with van der Waals surface area (Å²) < 4.78 is 10.9. The molecule has 0 aliphatic rings. The van der Waals surface area contributed by atoms with E-state index in [1.54, 1.807) is 24.3 Å². The van der Waals surface area contributed by atoms with Crippen LogP contribution in [0, 0.1) is 20.2 Å². The summed E-state index contributed by atoms with van der Waals surface area (Å²) in [5.41, 5.74) is 2.51. The van der Waals surface area contributed by atoms with Crippen LogP contribution >= 0.6 is 0 Å². The van der Waals surface area contributed by atoms with Gasteiger partial charge in [0.05, 0.1) is 23.2 Å². The van der Waals surface area contributed by atoms with Gasteiger partial charge in [0.15, 0.2) is 11.5 Å². The molecule has 0 saturated carbocycles.